The van der Waals surface area contributed by atoms with Crippen molar-refractivity contribution in [3.8, 4) is 0 Å². The Kier molecular flexibility index (Phi) is 5.91. The monoisotopic (exact) mass is 274 g/mol. The van der Waals surface area contributed by atoms with E-state index in [0.717, 1.165) is 0 Å². The number of hydrogen-bond donors (Lipinski definition) is 1. The average Bonchev–Trinajstić information content (AvgIpc) is 2.83. The number of rotatable bonds is 7. The molecule has 0 aliphatic carbocycles. The van der Waals surface area contributed by atoms with E-state index in [1.54, 1.807) is 6.92 Å². The lowest BCUT2D eigenvalue weighted by Gasteiger charge is -2.13. The van der Waals surface area contributed by atoms with Crippen molar-refractivity contribution >= 4 is 5.91 Å². The molecule has 0 saturated carbocycles. The lowest BCUT2D eigenvalue weighted by Crippen LogP contribution is -2.34. The third-order valence-corrected chi connectivity index (χ3v) is 2.69. The first kappa shape index (κ1) is 15.6. The Morgan fingerprint density at radius 2 is 2.11 bits per heavy atom. The summed E-state index contributed by atoms with van der Waals surface area (Å²) in [7, 11) is 2.92. The highest BCUT2D eigenvalue weighted by Gasteiger charge is 2.25. The SMILES string of the molecule is CCc1onc(C(=O)NCC(OC)OC)c1C(C)F. The van der Waals surface area contributed by atoms with E-state index in [9.17, 15) is 9.18 Å². The van der Waals surface area contributed by atoms with Gasteiger partial charge in [0.2, 0.25) is 0 Å². The predicted molar refractivity (Wildman–Crippen MR) is 65.5 cm³/mol. The Morgan fingerprint density at radius 3 is 2.58 bits per heavy atom. The van der Waals surface area contributed by atoms with Crippen LogP contribution in [0.4, 0.5) is 4.39 Å². The van der Waals surface area contributed by atoms with E-state index in [1.165, 1.54) is 21.1 Å². The zero-order chi connectivity index (χ0) is 14.4. The number of halogens is 1. The number of nitrogens with zero attached hydrogens (tertiary/aromatic N) is 1. The molecule has 0 fully saturated rings. The smallest absolute Gasteiger partial charge is 0.274 e. The number of carbonyl (C=O) groups is 1. The number of nitrogens with one attached hydrogen (secondary N) is 1. The fourth-order valence-corrected chi connectivity index (χ4v) is 1.68. The van der Waals surface area contributed by atoms with Crippen molar-refractivity contribution in [1.29, 1.82) is 0 Å². The maximum atomic E-state index is 13.5. The lowest BCUT2D eigenvalue weighted by atomic mass is 10.1. The Hall–Kier alpha value is -1.47. The maximum Gasteiger partial charge on any atom is 0.274 e. The molecule has 1 atom stereocenters. The molecule has 0 aliphatic heterocycles. The largest absolute Gasteiger partial charge is 0.360 e. The van der Waals surface area contributed by atoms with Crippen molar-refractivity contribution in [2.45, 2.75) is 32.7 Å². The van der Waals surface area contributed by atoms with Crippen molar-refractivity contribution < 1.29 is 23.2 Å². The van der Waals surface area contributed by atoms with Crippen LogP contribution in [0.3, 0.4) is 0 Å². The van der Waals surface area contributed by atoms with Crippen molar-refractivity contribution in [2.75, 3.05) is 20.8 Å². The minimum Gasteiger partial charge on any atom is -0.360 e. The van der Waals surface area contributed by atoms with Crippen LogP contribution in [0.15, 0.2) is 4.52 Å². The van der Waals surface area contributed by atoms with E-state index >= 15 is 0 Å². The van der Waals surface area contributed by atoms with E-state index in [2.05, 4.69) is 10.5 Å². The van der Waals surface area contributed by atoms with Crippen LogP contribution in [-0.4, -0.2) is 38.1 Å². The topological polar surface area (TPSA) is 73.6 Å². The molecule has 1 aromatic heterocycles. The third-order valence-electron chi connectivity index (χ3n) is 2.69. The summed E-state index contributed by atoms with van der Waals surface area (Å²) in [5, 5.41) is 6.18. The first-order valence-corrected chi connectivity index (χ1v) is 6.01. The normalized spacial score (nSPS) is 12.7. The highest BCUT2D eigenvalue weighted by Crippen LogP contribution is 2.25. The van der Waals surface area contributed by atoms with Crippen molar-refractivity contribution in [3.63, 3.8) is 0 Å². The Morgan fingerprint density at radius 1 is 1.47 bits per heavy atom. The Labute approximate surface area is 111 Å². The van der Waals surface area contributed by atoms with E-state index in [-0.39, 0.29) is 17.8 Å². The van der Waals surface area contributed by atoms with Gasteiger partial charge < -0.3 is 19.3 Å². The zero-order valence-electron chi connectivity index (χ0n) is 11.5. The second-order valence-electron chi connectivity index (χ2n) is 3.95. The maximum absolute atomic E-state index is 13.5. The van der Waals surface area contributed by atoms with Gasteiger partial charge in [-0.15, -0.1) is 0 Å². The van der Waals surface area contributed by atoms with Gasteiger partial charge in [0.05, 0.1) is 12.1 Å². The van der Waals surface area contributed by atoms with Gasteiger partial charge in [0.15, 0.2) is 12.0 Å². The van der Waals surface area contributed by atoms with Gasteiger partial charge in [0.1, 0.15) is 11.9 Å². The van der Waals surface area contributed by atoms with Crippen LogP contribution in [0.1, 0.15) is 41.8 Å². The third kappa shape index (κ3) is 3.74. The van der Waals surface area contributed by atoms with Gasteiger partial charge in [-0.25, -0.2) is 4.39 Å². The summed E-state index contributed by atoms with van der Waals surface area (Å²) >= 11 is 0. The fourth-order valence-electron chi connectivity index (χ4n) is 1.68. The van der Waals surface area contributed by atoms with E-state index in [4.69, 9.17) is 14.0 Å². The van der Waals surface area contributed by atoms with Crippen LogP contribution in [0.5, 0.6) is 0 Å². The van der Waals surface area contributed by atoms with Crippen LogP contribution >= 0.6 is 0 Å². The van der Waals surface area contributed by atoms with Gasteiger partial charge in [-0.3, -0.25) is 4.79 Å². The molecule has 108 valence electrons. The average molecular weight is 274 g/mol. The summed E-state index contributed by atoms with van der Waals surface area (Å²) in [6.45, 7) is 3.29. The van der Waals surface area contributed by atoms with Crippen molar-refractivity contribution in [2.24, 2.45) is 0 Å². The molecule has 0 bridgehead atoms. The lowest BCUT2D eigenvalue weighted by molar-refractivity contribution is -0.0974. The molecule has 0 saturated heterocycles. The second-order valence-corrected chi connectivity index (χ2v) is 3.95. The molecule has 0 aromatic carbocycles. The summed E-state index contributed by atoms with van der Waals surface area (Å²) in [6, 6.07) is 0. The first-order valence-electron chi connectivity index (χ1n) is 6.01. The van der Waals surface area contributed by atoms with E-state index in [1.807, 2.05) is 0 Å². The van der Waals surface area contributed by atoms with Gasteiger partial charge in [-0.05, 0) is 6.92 Å². The van der Waals surface area contributed by atoms with Crippen molar-refractivity contribution in [1.82, 2.24) is 10.5 Å². The number of alkyl halides is 1. The number of amides is 1. The number of ether oxygens (including phenoxy) is 2. The number of aromatic nitrogens is 1. The van der Waals surface area contributed by atoms with E-state index in [0.29, 0.717) is 12.2 Å². The van der Waals surface area contributed by atoms with Gasteiger partial charge in [0, 0.05) is 20.6 Å². The van der Waals surface area contributed by atoms with Gasteiger partial charge >= 0.3 is 0 Å². The molecule has 1 rings (SSSR count). The van der Waals surface area contributed by atoms with Gasteiger partial charge in [-0.1, -0.05) is 12.1 Å². The number of methoxy groups -OCH3 is 2. The summed E-state index contributed by atoms with van der Waals surface area (Å²) in [5.41, 5.74) is 0.171. The molecule has 6 nitrogen and oxygen atoms in total. The quantitative estimate of drug-likeness (QED) is 0.765. The zero-order valence-corrected chi connectivity index (χ0v) is 11.5. The molecule has 19 heavy (non-hydrogen) atoms. The fraction of sp³-hybridized carbons (Fsp3) is 0.667. The first-order chi connectivity index (χ1) is 9.04. The molecular formula is C12H19FN2O4. The van der Waals surface area contributed by atoms with E-state index < -0.39 is 18.4 Å². The highest BCUT2D eigenvalue weighted by molar-refractivity contribution is 5.93. The molecule has 1 unspecified atom stereocenters. The van der Waals surface area contributed by atoms with Crippen LogP contribution in [0.25, 0.3) is 0 Å². The molecule has 1 amide bonds. The summed E-state index contributed by atoms with van der Waals surface area (Å²) < 4.78 is 28.4. The molecule has 0 spiro atoms. The number of aryl methyl sites for hydroxylation is 1. The summed E-state index contributed by atoms with van der Waals surface area (Å²) in [5.74, 6) is -0.128. The highest BCUT2D eigenvalue weighted by atomic mass is 19.1. The molecule has 1 heterocycles. The van der Waals surface area contributed by atoms with Crippen LogP contribution < -0.4 is 5.32 Å². The second kappa shape index (κ2) is 7.20. The number of carbonyl (C=O) groups excluding carboxylic acids is 1. The van der Waals surface area contributed by atoms with Crippen LogP contribution in [0.2, 0.25) is 0 Å². The van der Waals surface area contributed by atoms with Crippen LogP contribution in [-0.2, 0) is 15.9 Å². The summed E-state index contributed by atoms with van der Waals surface area (Å²) in [4.78, 5) is 11.9. The summed E-state index contributed by atoms with van der Waals surface area (Å²) in [6.07, 6.45) is -1.40. The predicted octanol–water partition coefficient (Wildman–Crippen LogP) is 1.62. The number of hydrogen-bond acceptors (Lipinski definition) is 5. The minimum absolute atomic E-state index is 0.0298. The van der Waals surface area contributed by atoms with Crippen LogP contribution in [0, 0.1) is 0 Å². The Bertz CT molecular complexity index is 416. The molecule has 1 N–H and O–H groups in total. The molecule has 0 aliphatic rings. The molecule has 0 radical (unpaired) electrons. The van der Waals surface area contributed by atoms with Gasteiger partial charge in [-0.2, -0.15) is 0 Å². The van der Waals surface area contributed by atoms with Gasteiger partial charge in [0.25, 0.3) is 5.91 Å². The molecule has 1 aromatic rings. The standard InChI is InChI=1S/C12H19FN2O4/c1-5-8-10(7(2)13)11(15-19-8)12(16)14-6-9(17-3)18-4/h7,9H,5-6H2,1-4H3,(H,14,16). The Balaban J connectivity index is 2.79. The molecule has 7 heteroatoms. The molecular weight excluding hydrogens is 255 g/mol. The van der Waals surface area contributed by atoms with Crippen molar-refractivity contribution in [3.05, 3.63) is 17.0 Å². The minimum atomic E-state index is -1.32.